The number of carbonyl (C=O) groups is 2. The predicted octanol–water partition coefficient (Wildman–Crippen LogP) is 2.25. The zero-order valence-electron chi connectivity index (χ0n) is 17.0. The Morgan fingerprint density at radius 2 is 1.83 bits per heavy atom. The van der Waals surface area contributed by atoms with Crippen molar-refractivity contribution in [3.05, 3.63) is 48.5 Å². The molecular weight excluding hydrogens is 386 g/mol. The molecule has 0 bridgehead atoms. The summed E-state index contributed by atoms with van der Waals surface area (Å²) in [5.41, 5.74) is 1.52. The van der Waals surface area contributed by atoms with Crippen molar-refractivity contribution in [2.45, 2.75) is 6.42 Å². The van der Waals surface area contributed by atoms with Gasteiger partial charge in [-0.3, -0.25) is 14.5 Å². The number of methoxy groups -OCH3 is 1. The van der Waals surface area contributed by atoms with E-state index in [0.29, 0.717) is 12.2 Å². The Morgan fingerprint density at radius 1 is 1.10 bits per heavy atom. The van der Waals surface area contributed by atoms with Crippen molar-refractivity contribution in [1.82, 2.24) is 4.90 Å². The van der Waals surface area contributed by atoms with Gasteiger partial charge >= 0.3 is 5.97 Å². The van der Waals surface area contributed by atoms with Crippen molar-refractivity contribution in [3.63, 3.8) is 0 Å². The lowest BCUT2D eigenvalue weighted by atomic mass is 10.0. The van der Waals surface area contributed by atoms with Gasteiger partial charge in [0.25, 0.3) is 0 Å². The maximum absolute atomic E-state index is 12.3. The quantitative estimate of drug-likeness (QED) is 0.610. The second kappa shape index (κ2) is 9.98. The van der Waals surface area contributed by atoms with Crippen LogP contribution in [-0.4, -0.2) is 66.8 Å². The van der Waals surface area contributed by atoms with Crippen LogP contribution in [-0.2, 0) is 9.59 Å². The fraction of sp³-hybridized carbons (Fsp3) is 0.364. The minimum absolute atomic E-state index is 0.0384. The molecule has 8 nitrogen and oxygen atoms in total. The number of hydrogen-bond acceptors (Lipinski definition) is 6. The molecule has 1 atom stereocenters. The fourth-order valence-corrected chi connectivity index (χ4v) is 3.56. The number of nitrogens with zero attached hydrogens (tertiary/aromatic N) is 2. The van der Waals surface area contributed by atoms with E-state index < -0.39 is 11.9 Å². The number of carbonyl (C=O) groups excluding carboxylic acids is 1. The van der Waals surface area contributed by atoms with Crippen LogP contribution >= 0.6 is 0 Å². The lowest BCUT2D eigenvalue weighted by Crippen LogP contribution is -2.48. The third kappa shape index (κ3) is 5.87. The van der Waals surface area contributed by atoms with Gasteiger partial charge < -0.3 is 25.2 Å². The number of ether oxygens (including phenoxy) is 1. The lowest BCUT2D eigenvalue weighted by Gasteiger charge is -2.37. The lowest BCUT2D eigenvalue weighted by molar-refractivity contribution is -0.144. The molecule has 0 aromatic heterocycles. The number of phenols is 1. The van der Waals surface area contributed by atoms with Gasteiger partial charge in [0.2, 0.25) is 5.91 Å². The number of carboxylic acid groups (broad SMARTS) is 1. The first kappa shape index (κ1) is 21.4. The normalized spacial score (nSPS) is 15.4. The van der Waals surface area contributed by atoms with Crippen molar-refractivity contribution in [3.8, 4) is 11.5 Å². The van der Waals surface area contributed by atoms with Crippen LogP contribution < -0.4 is 15.0 Å². The molecular formula is C22H27N3O5. The molecule has 0 unspecified atom stereocenters. The molecule has 1 fully saturated rings. The Labute approximate surface area is 175 Å². The molecule has 1 saturated heterocycles. The number of aromatic hydroxyl groups is 1. The largest absolute Gasteiger partial charge is 0.508 e. The number of anilines is 2. The van der Waals surface area contributed by atoms with Crippen LogP contribution in [0.2, 0.25) is 0 Å². The Bertz CT molecular complexity index is 881. The second-order valence-electron chi connectivity index (χ2n) is 7.33. The Balaban J connectivity index is 1.52. The highest BCUT2D eigenvalue weighted by Crippen LogP contribution is 2.23. The number of phenolic OH excluding ortho intramolecular Hbond substituents is 1. The highest BCUT2D eigenvalue weighted by Gasteiger charge is 2.26. The molecule has 1 amide bonds. The molecule has 1 aliphatic rings. The van der Waals surface area contributed by atoms with E-state index in [2.05, 4.69) is 15.1 Å². The summed E-state index contributed by atoms with van der Waals surface area (Å²) in [6, 6.07) is 14.1. The average Bonchev–Trinajstić information content (AvgIpc) is 2.73. The Hall–Kier alpha value is -3.26. The summed E-state index contributed by atoms with van der Waals surface area (Å²) < 4.78 is 5.28. The summed E-state index contributed by atoms with van der Waals surface area (Å²) >= 11 is 0. The summed E-state index contributed by atoms with van der Waals surface area (Å²) in [4.78, 5) is 28.3. The van der Waals surface area contributed by atoms with E-state index in [-0.39, 0.29) is 18.1 Å². The molecule has 8 heteroatoms. The molecule has 3 N–H and O–H groups in total. The molecule has 2 aromatic rings. The van der Waals surface area contributed by atoms with Gasteiger partial charge in [0, 0.05) is 62.7 Å². The highest BCUT2D eigenvalue weighted by atomic mass is 16.5. The van der Waals surface area contributed by atoms with Gasteiger partial charge in [0.05, 0.1) is 13.0 Å². The van der Waals surface area contributed by atoms with Crippen LogP contribution in [0.25, 0.3) is 0 Å². The molecule has 1 aliphatic heterocycles. The molecule has 160 valence electrons. The van der Waals surface area contributed by atoms with Gasteiger partial charge in [-0.1, -0.05) is 12.1 Å². The van der Waals surface area contributed by atoms with E-state index in [1.807, 2.05) is 24.3 Å². The number of carboxylic acids is 1. The van der Waals surface area contributed by atoms with Gasteiger partial charge in [-0.2, -0.15) is 0 Å². The fourth-order valence-electron chi connectivity index (χ4n) is 3.56. The highest BCUT2D eigenvalue weighted by molar-refractivity contribution is 5.93. The van der Waals surface area contributed by atoms with Crippen molar-refractivity contribution in [1.29, 1.82) is 0 Å². The zero-order chi connectivity index (χ0) is 21.5. The van der Waals surface area contributed by atoms with Crippen molar-refractivity contribution < 1.29 is 24.5 Å². The first-order chi connectivity index (χ1) is 14.4. The van der Waals surface area contributed by atoms with E-state index in [0.717, 1.165) is 37.6 Å². The summed E-state index contributed by atoms with van der Waals surface area (Å²) in [6.45, 7) is 3.29. The third-order valence-corrected chi connectivity index (χ3v) is 5.18. The minimum Gasteiger partial charge on any atom is -0.508 e. The number of rotatable bonds is 8. The monoisotopic (exact) mass is 413 g/mol. The first-order valence-electron chi connectivity index (χ1n) is 9.87. The maximum atomic E-state index is 12.3. The van der Waals surface area contributed by atoms with E-state index >= 15 is 0 Å². The average molecular weight is 413 g/mol. The van der Waals surface area contributed by atoms with Crippen LogP contribution in [0.4, 0.5) is 11.4 Å². The topological polar surface area (TPSA) is 102 Å². The van der Waals surface area contributed by atoms with Crippen LogP contribution in [0.5, 0.6) is 11.5 Å². The number of hydrogen-bond donors (Lipinski definition) is 3. The van der Waals surface area contributed by atoms with E-state index in [1.54, 1.807) is 19.2 Å². The molecule has 30 heavy (non-hydrogen) atoms. The van der Waals surface area contributed by atoms with Crippen LogP contribution in [0.15, 0.2) is 48.5 Å². The Morgan fingerprint density at radius 3 is 2.50 bits per heavy atom. The maximum Gasteiger partial charge on any atom is 0.308 e. The summed E-state index contributed by atoms with van der Waals surface area (Å²) in [7, 11) is 1.64. The summed E-state index contributed by atoms with van der Waals surface area (Å²) in [5.74, 6) is -1.33. The van der Waals surface area contributed by atoms with Gasteiger partial charge in [-0.15, -0.1) is 0 Å². The molecule has 0 saturated carbocycles. The molecule has 0 spiro atoms. The van der Waals surface area contributed by atoms with Gasteiger partial charge in [0.1, 0.15) is 11.5 Å². The number of nitrogens with one attached hydrogen (secondary N) is 1. The predicted molar refractivity (Wildman–Crippen MR) is 114 cm³/mol. The minimum atomic E-state index is -0.990. The molecule has 3 rings (SSSR count). The van der Waals surface area contributed by atoms with Crippen molar-refractivity contribution in [2.75, 3.05) is 50.1 Å². The van der Waals surface area contributed by atoms with Crippen LogP contribution in [0.3, 0.4) is 0 Å². The van der Waals surface area contributed by atoms with E-state index in [1.165, 1.54) is 12.1 Å². The summed E-state index contributed by atoms with van der Waals surface area (Å²) in [5, 5.41) is 21.7. The summed E-state index contributed by atoms with van der Waals surface area (Å²) in [6.07, 6.45) is -0.124. The number of benzene rings is 2. The molecule has 0 aliphatic carbocycles. The van der Waals surface area contributed by atoms with E-state index in [4.69, 9.17) is 4.74 Å². The van der Waals surface area contributed by atoms with Crippen molar-refractivity contribution >= 4 is 23.3 Å². The number of piperazine rings is 1. The van der Waals surface area contributed by atoms with Gasteiger partial charge in [0.15, 0.2) is 0 Å². The molecule has 2 aromatic carbocycles. The molecule has 1 heterocycles. The zero-order valence-corrected chi connectivity index (χ0v) is 17.0. The van der Waals surface area contributed by atoms with Gasteiger partial charge in [-0.25, -0.2) is 0 Å². The molecule has 0 radical (unpaired) electrons. The first-order valence-corrected chi connectivity index (χ1v) is 9.87. The van der Waals surface area contributed by atoms with Crippen LogP contribution in [0, 0.1) is 5.92 Å². The SMILES string of the molecule is COc1cccc(N2CCN(C[C@H](CC(=O)Nc3cccc(O)c3)C(=O)O)CC2)c1. The van der Waals surface area contributed by atoms with E-state index in [9.17, 15) is 19.8 Å². The Kier molecular flexibility index (Phi) is 7.13. The standard InChI is InChI=1S/C22H27N3O5/c1-30-20-7-3-5-18(14-20)25-10-8-24(9-11-25)15-16(22(28)29)12-21(27)23-17-4-2-6-19(26)13-17/h2-7,13-14,16,26H,8-12,15H2,1H3,(H,23,27)(H,28,29)/t16-/m0/s1. The smallest absolute Gasteiger partial charge is 0.308 e. The van der Waals surface area contributed by atoms with Crippen LogP contribution in [0.1, 0.15) is 6.42 Å². The second-order valence-corrected chi connectivity index (χ2v) is 7.33. The number of amides is 1. The number of aliphatic carboxylic acids is 1. The van der Waals surface area contributed by atoms with Gasteiger partial charge in [-0.05, 0) is 24.3 Å². The third-order valence-electron chi connectivity index (χ3n) is 5.18. The van der Waals surface area contributed by atoms with Crippen molar-refractivity contribution in [2.24, 2.45) is 5.92 Å².